The zero-order chi connectivity index (χ0) is 13.0. The molecule has 0 rings (SSSR count). The fraction of sp³-hybridized carbons (Fsp3) is 0.857. The van der Waals surface area contributed by atoms with E-state index in [-0.39, 0.29) is 13.0 Å². The number of aliphatic carboxylic acids is 1. The van der Waals surface area contributed by atoms with Crippen LogP contribution in [-0.2, 0) is 24.7 Å². The van der Waals surface area contributed by atoms with Gasteiger partial charge in [-0.1, -0.05) is 6.92 Å². The number of carbonyl (C=O) groups is 1. The SMILES string of the molecule is CC(CNS(=O)(=O)CS(C)(=O)=O)CC(=O)O. The van der Waals surface area contributed by atoms with Gasteiger partial charge in [0.05, 0.1) is 0 Å². The first-order valence-corrected chi connectivity index (χ1v) is 8.10. The van der Waals surface area contributed by atoms with Gasteiger partial charge in [-0.2, -0.15) is 0 Å². The van der Waals surface area contributed by atoms with Crippen molar-refractivity contribution in [1.29, 1.82) is 0 Å². The molecule has 9 heteroatoms. The maximum atomic E-state index is 11.2. The van der Waals surface area contributed by atoms with E-state index in [0.717, 1.165) is 6.26 Å². The molecule has 0 amide bonds. The minimum absolute atomic E-state index is 0.0931. The number of sulfone groups is 1. The molecule has 0 spiro atoms. The Hall–Kier alpha value is -0.670. The van der Waals surface area contributed by atoms with Gasteiger partial charge in [0.1, 0.15) is 0 Å². The molecule has 16 heavy (non-hydrogen) atoms. The van der Waals surface area contributed by atoms with Crippen molar-refractivity contribution in [1.82, 2.24) is 4.72 Å². The summed E-state index contributed by atoms with van der Waals surface area (Å²) in [6.07, 6.45) is 0.633. The van der Waals surface area contributed by atoms with Crippen LogP contribution in [0.5, 0.6) is 0 Å². The lowest BCUT2D eigenvalue weighted by atomic mass is 10.1. The fourth-order valence-electron chi connectivity index (χ4n) is 0.963. The molecule has 0 aromatic heterocycles. The highest BCUT2D eigenvalue weighted by molar-refractivity contribution is 8.06. The predicted octanol–water partition coefficient (Wildman–Crippen LogP) is -0.981. The molecule has 0 aliphatic carbocycles. The summed E-state index contributed by atoms with van der Waals surface area (Å²) in [7, 11) is -7.52. The third-order valence-corrected chi connectivity index (χ3v) is 5.10. The Morgan fingerprint density at radius 3 is 2.19 bits per heavy atom. The van der Waals surface area contributed by atoms with Crippen LogP contribution in [0.4, 0.5) is 0 Å². The second-order valence-electron chi connectivity index (χ2n) is 3.71. The summed E-state index contributed by atoms with van der Waals surface area (Å²) in [5, 5.41) is 7.44. The first-order chi connectivity index (χ1) is 7.02. The van der Waals surface area contributed by atoms with Gasteiger partial charge in [-0.15, -0.1) is 0 Å². The van der Waals surface area contributed by atoms with Gasteiger partial charge < -0.3 is 5.11 Å². The first-order valence-electron chi connectivity index (χ1n) is 4.39. The van der Waals surface area contributed by atoms with Crippen LogP contribution in [0.2, 0.25) is 0 Å². The van der Waals surface area contributed by atoms with Gasteiger partial charge in [-0.3, -0.25) is 4.79 Å². The Bertz CT molecular complexity index is 437. The van der Waals surface area contributed by atoms with Crippen LogP contribution in [0.25, 0.3) is 0 Å². The number of carboxylic acids is 1. The van der Waals surface area contributed by atoms with Crippen LogP contribution in [0, 0.1) is 5.92 Å². The summed E-state index contributed by atoms with van der Waals surface area (Å²) in [4.78, 5) is 10.3. The summed E-state index contributed by atoms with van der Waals surface area (Å²) in [5.41, 5.74) is 0. The van der Waals surface area contributed by atoms with Crippen LogP contribution in [0.15, 0.2) is 0 Å². The van der Waals surface area contributed by atoms with E-state index >= 15 is 0 Å². The molecule has 0 radical (unpaired) electrons. The zero-order valence-corrected chi connectivity index (χ0v) is 10.6. The predicted molar refractivity (Wildman–Crippen MR) is 58.1 cm³/mol. The van der Waals surface area contributed by atoms with E-state index in [2.05, 4.69) is 4.72 Å². The highest BCUT2D eigenvalue weighted by atomic mass is 32.3. The molecule has 2 N–H and O–H groups in total. The third-order valence-electron chi connectivity index (χ3n) is 1.54. The van der Waals surface area contributed by atoms with Crippen molar-refractivity contribution < 1.29 is 26.7 Å². The number of hydrogen-bond donors (Lipinski definition) is 2. The largest absolute Gasteiger partial charge is 0.481 e. The minimum atomic E-state index is -3.90. The molecule has 7 nitrogen and oxygen atoms in total. The van der Waals surface area contributed by atoms with E-state index in [1.54, 1.807) is 6.92 Å². The van der Waals surface area contributed by atoms with Gasteiger partial charge >= 0.3 is 5.97 Å². The average molecular weight is 273 g/mol. The molecule has 0 aromatic rings. The van der Waals surface area contributed by atoms with Gasteiger partial charge in [0.25, 0.3) is 0 Å². The standard InChI is InChI=1S/C7H15NO6S2/c1-6(3-7(9)10)4-8-16(13,14)5-15(2,11)12/h6,8H,3-5H2,1-2H3,(H,9,10). The molecule has 0 aliphatic heterocycles. The van der Waals surface area contributed by atoms with E-state index in [1.807, 2.05) is 0 Å². The molecular weight excluding hydrogens is 258 g/mol. The maximum absolute atomic E-state index is 11.2. The first kappa shape index (κ1) is 15.3. The summed E-state index contributed by atoms with van der Waals surface area (Å²) >= 11 is 0. The Balaban J connectivity index is 4.25. The van der Waals surface area contributed by atoms with Crippen molar-refractivity contribution in [3.05, 3.63) is 0 Å². The zero-order valence-electron chi connectivity index (χ0n) is 9.00. The summed E-state index contributed by atoms with van der Waals surface area (Å²) in [5.74, 6) is -1.43. The molecule has 0 fully saturated rings. The molecule has 1 atom stereocenters. The second kappa shape index (κ2) is 5.60. The lowest BCUT2D eigenvalue weighted by Gasteiger charge is -2.10. The highest BCUT2D eigenvalue weighted by Gasteiger charge is 2.19. The van der Waals surface area contributed by atoms with Gasteiger partial charge in [-0.05, 0) is 5.92 Å². The van der Waals surface area contributed by atoms with Gasteiger partial charge in [0.2, 0.25) is 10.0 Å². The lowest BCUT2D eigenvalue weighted by Crippen LogP contribution is -2.33. The third kappa shape index (κ3) is 8.62. The van der Waals surface area contributed by atoms with E-state index in [1.165, 1.54) is 0 Å². The molecule has 1 unspecified atom stereocenters. The molecule has 96 valence electrons. The van der Waals surface area contributed by atoms with Gasteiger partial charge in [0, 0.05) is 19.2 Å². The quantitative estimate of drug-likeness (QED) is 0.615. The summed E-state index contributed by atoms with van der Waals surface area (Å²) in [6, 6.07) is 0. The van der Waals surface area contributed by atoms with E-state index in [9.17, 15) is 21.6 Å². The fourth-order valence-corrected chi connectivity index (χ4v) is 4.09. The molecule has 0 bridgehead atoms. The number of carboxylic acid groups (broad SMARTS) is 1. The van der Waals surface area contributed by atoms with Crippen LogP contribution in [0.1, 0.15) is 13.3 Å². The van der Waals surface area contributed by atoms with Crippen molar-refractivity contribution in [2.24, 2.45) is 5.92 Å². The number of rotatable bonds is 7. The Morgan fingerprint density at radius 2 is 1.81 bits per heavy atom. The van der Waals surface area contributed by atoms with E-state index in [4.69, 9.17) is 5.11 Å². The van der Waals surface area contributed by atoms with Gasteiger partial charge in [0.15, 0.2) is 14.9 Å². The number of sulfonamides is 1. The molecule has 0 saturated heterocycles. The van der Waals surface area contributed by atoms with Crippen molar-refractivity contribution in [2.45, 2.75) is 13.3 Å². The van der Waals surface area contributed by atoms with Crippen LogP contribution in [-0.4, -0.2) is 45.8 Å². The minimum Gasteiger partial charge on any atom is -0.481 e. The molecule has 0 aromatic carbocycles. The number of nitrogens with one attached hydrogen (secondary N) is 1. The smallest absolute Gasteiger partial charge is 0.303 e. The molecule has 0 heterocycles. The topological polar surface area (TPSA) is 118 Å². The molecule has 0 saturated carbocycles. The van der Waals surface area contributed by atoms with E-state index < -0.39 is 36.8 Å². The average Bonchev–Trinajstić information content (AvgIpc) is 1.95. The van der Waals surface area contributed by atoms with Crippen LogP contribution in [0.3, 0.4) is 0 Å². The van der Waals surface area contributed by atoms with Crippen molar-refractivity contribution in [3.63, 3.8) is 0 Å². The molecular formula is C7H15NO6S2. The summed E-state index contributed by atoms with van der Waals surface area (Å²) in [6.45, 7) is 1.46. The van der Waals surface area contributed by atoms with Crippen LogP contribution < -0.4 is 4.72 Å². The van der Waals surface area contributed by atoms with E-state index in [0.29, 0.717) is 0 Å². The Kier molecular flexibility index (Phi) is 5.36. The van der Waals surface area contributed by atoms with Gasteiger partial charge in [-0.25, -0.2) is 21.6 Å². The van der Waals surface area contributed by atoms with Crippen molar-refractivity contribution in [2.75, 3.05) is 17.9 Å². The highest BCUT2D eigenvalue weighted by Crippen LogP contribution is 2.01. The summed E-state index contributed by atoms with van der Waals surface area (Å²) < 4.78 is 46.0. The normalized spacial score (nSPS) is 14.6. The maximum Gasteiger partial charge on any atom is 0.303 e. The molecule has 0 aliphatic rings. The lowest BCUT2D eigenvalue weighted by molar-refractivity contribution is -0.137. The van der Waals surface area contributed by atoms with Crippen LogP contribution >= 0.6 is 0 Å². The Labute approximate surface area is 94.8 Å². The Morgan fingerprint density at radius 1 is 1.31 bits per heavy atom. The van der Waals surface area contributed by atoms with Crippen molar-refractivity contribution in [3.8, 4) is 0 Å². The monoisotopic (exact) mass is 273 g/mol. The number of hydrogen-bond acceptors (Lipinski definition) is 5. The second-order valence-corrected chi connectivity index (χ2v) is 8.02. The van der Waals surface area contributed by atoms with Crippen molar-refractivity contribution >= 4 is 25.8 Å².